The third kappa shape index (κ3) is 10.1. The molecule has 1 aromatic heterocycles. The zero-order chi connectivity index (χ0) is 31.5. The van der Waals surface area contributed by atoms with Gasteiger partial charge in [0.05, 0.1) is 23.2 Å². The third-order valence-corrected chi connectivity index (χ3v) is 7.36. The van der Waals surface area contributed by atoms with Gasteiger partial charge in [0.25, 0.3) is 0 Å². The minimum absolute atomic E-state index is 0.00180. The fourth-order valence-electron chi connectivity index (χ4n) is 5.03. The number of alkyl halides is 3. The number of aromatic nitrogens is 1. The van der Waals surface area contributed by atoms with Crippen molar-refractivity contribution < 1.29 is 27.4 Å². The number of hydrogen-bond donors (Lipinski definition) is 6. The summed E-state index contributed by atoms with van der Waals surface area (Å²) in [6, 6.07) is 11.9. The molecule has 2 atom stereocenters. The molecule has 10 N–H and O–H groups in total. The maximum absolute atomic E-state index is 13.5. The highest BCUT2D eigenvalue weighted by Gasteiger charge is 2.31. The van der Waals surface area contributed by atoms with Gasteiger partial charge in [-0.1, -0.05) is 30.3 Å². The van der Waals surface area contributed by atoms with E-state index in [4.69, 9.17) is 22.9 Å². The van der Waals surface area contributed by atoms with Crippen molar-refractivity contribution in [3.63, 3.8) is 0 Å². The van der Waals surface area contributed by atoms with Gasteiger partial charge in [0.2, 0.25) is 5.91 Å². The van der Waals surface area contributed by atoms with Crippen molar-refractivity contribution in [3.8, 4) is 0 Å². The van der Waals surface area contributed by atoms with Crippen molar-refractivity contribution in [2.24, 2.45) is 22.9 Å². The summed E-state index contributed by atoms with van der Waals surface area (Å²) in [7, 11) is 0. The highest BCUT2D eigenvalue weighted by Crippen LogP contribution is 2.29. The van der Waals surface area contributed by atoms with Crippen molar-refractivity contribution in [2.75, 3.05) is 45.8 Å². The van der Waals surface area contributed by atoms with Gasteiger partial charge in [0.1, 0.15) is 19.6 Å². The van der Waals surface area contributed by atoms with Crippen LogP contribution in [0.3, 0.4) is 0 Å². The number of nitrogens with one attached hydrogen (secondary N) is 2. The second-order valence-electron chi connectivity index (χ2n) is 10.6. The Bertz CT molecular complexity index is 1320. The van der Waals surface area contributed by atoms with Gasteiger partial charge in [-0.25, -0.2) is 4.59 Å². The van der Waals surface area contributed by atoms with Crippen LogP contribution in [0, 0.1) is 0 Å². The van der Waals surface area contributed by atoms with Crippen LogP contribution in [0.2, 0.25) is 0 Å². The van der Waals surface area contributed by atoms with Crippen LogP contribution in [0.5, 0.6) is 0 Å². The largest absolute Gasteiger partial charge is 0.416 e. The van der Waals surface area contributed by atoms with Crippen molar-refractivity contribution >= 4 is 22.6 Å². The maximum atomic E-state index is 13.5. The fraction of sp³-hybridized carbons (Fsp3) is 0.433. The van der Waals surface area contributed by atoms with Crippen LogP contribution in [-0.4, -0.2) is 79.2 Å². The minimum atomic E-state index is -4.49. The van der Waals surface area contributed by atoms with Gasteiger partial charge in [-0.15, -0.1) is 0 Å². The molecule has 0 aliphatic heterocycles. The van der Waals surface area contributed by atoms with Gasteiger partial charge >= 0.3 is 6.18 Å². The van der Waals surface area contributed by atoms with Crippen molar-refractivity contribution in [1.29, 1.82) is 0 Å². The van der Waals surface area contributed by atoms with Crippen LogP contribution in [0.25, 0.3) is 10.9 Å². The molecular formula is C30H42F3N8O2+. The number of rotatable bonds is 17. The molecule has 0 aliphatic rings. The summed E-state index contributed by atoms with van der Waals surface area (Å²) in [4.78, 5) is 31.0. The first-order chi connectivity index (χ1) is 20.5. The molecule has 234 valence electrons. The number of carbonyl (C=O) groups is 2. The summed E-state index contributed by atoms with van der Waals surface area (Å²) in [5.74, 6) is -0.863. The standard InChI is InChI=1S/C30H41F3N8O2/c31-30(32,33)24-7-5-21(6-8-24)18-27(28(42)19-22-17-23-3-1-2-4-26(23)38-20-22)40-29(43)25(37)9-13-39-41(14-10-34,15-11-35)16-12-36/h1-8,17,20,25,27,39H,9-16,18-19,34-37H2/p+1/t25-,27-/m0/s1. The van der Waals surface area contributed by atoms with Crippen LogP contribution in [-0.2, 0) is 28.6 Å². The van der Waals surface area contributed by atoms with Gasteiger partial charge < -0.3 is 28.3 Å². The SMILES string of the molecule is NCC[N+](CCN)(CCN)NCC[C@H](N)C(=O)N[C@@H](Cc1ccc(C(F)(F)F)cc1)C(=O)Cc1cnc2ccccc2c1. The summed E-state index contributed by atoms with van der Waals surface area (Å²) < 4.78 is 39.6. The Labute approximate surface area is 249 Å². The van der Waals surface area contributed by atoms with Crippen molar-refractivity contribution in [1.82, 2.24) is 15.7 Å². The molecule has 0 saturated heterocycles. The van der Waals surface area contributed by atoms with Crippen molar-refractivity contribution in [2.45, 2.75) is 37.5 Å². The van der Waals surface area contributed by atoms with Gasteiger partial charge in [-0.3, -0.25) is 14.6 Å². The molecule has 1 heterocycles. The lowest BCUT2D eigenvalue weighted by Crippen LogP contribution is -2.64. The molecule has 0 radical (unpaired) electrons. The molecule has 13 heteroatoms. The van der Waals surface area contributed by atoms with Crippen LogP contribution >= 0.6 is 0 Å². The van der Waals surface area contributed by atoms with Gasteiger partial charge in [-0.2, -0.15) is 18.6 Å². The lowest BCUT2D eigenvalue weighted by Gasteiger charge is -2.37. The Hall–Kier alpha value is -3.46. The highest BCUT2D eigenvalue weighted by molar-refractivity contribution is 5.92. The van der Waals surface area contributed by atoms with Crippen molar-refractivity contribution in [3.05, 3.63) is 77.5 Å². The summed E-state index contributed by atoms with van der Waals surface area (Å²) in [6.45, 7) is 3.42. The number of ketones is 1. The Balaban J connectivity index is 1.73. The number of para-hydroxylation sites is 1. The Morgan fingerprint density at radius 1 is 0.907 bits per heavy atom. The van der Waals surface area contributed by atoms with Crippen LogP contribution in [0.4, 0.5) is 13.2 Å². The normalized spacial score (nSPS) is 13.6. The molecule has 2 aromatic carbocycles. The van der Waals surface area contributed by atoms with E-state index in [9.17, 15) is 22.8 Å². The van der Waals surface area contributed by atoms with E-state index in [2.05, 4.69) is 15.7 Å². The number of halogens is 3. The van der Waals surface area contributed by atoms with E-state index < -0.39 is 29.7 Å². The summed E-state index contributed by atoms with van der Waals surface area (Å²) in [6.07, 6.45) is -2.67. The van der Waals surface area contributed by atoms with Gasteiger partial charge in [0.15, 0.2) is 5.78 Å². The Morgan fingerprint density at radius 2 is 1.53 bits per heavy atom. The number of amides is 1. The monoisotopic (exact) mass is 603 g/mol. The first-order valence-corrected chi connectivity index (χ1v) is 14.3. The predicted octanol–water partition coefficient (Wildman–Crippen LogP) is 1.01. The zero-order valence-electron chi connectivity index (χ0n) is 24.2. The zero-order valence-corrected chi connectivity index (χ0v) is 24.2. The third-order valence-electron chi connectivity index (χ3n) is 7.36. The van der Waals surface area contributed by atoms with E-state index in [-0.39, 0.29) is 25.0 Å². The van der Waals surface area contributed by atoms with Crippen LogP contribution < -0.4 is 33.7 Å². The summed E-state index contributed by atoms with van der Waals surface area (Å²) in [5, 5.41) is 3.60. The van der Waals surface area contributed by atoms with E-state index >= 15 is 0 Å². The molecule has 0 spiro atoms. The summed E-state index contributed by atoms with van der Waals surface area (Å²) >= 11 is 0. The molecule has 0 unspecified atom stereocenters. The molecule has 10 nitrogen and oxygen atoms in total. The lowest BCUT2D eigenvalue weighted by molar-refractivity contribution is -0.966. The minimum Gasteiger partial charge on any atom is -0.345 e. The highest BCUT2D eigenvalue weighted by atomic mass is 19.4. The molecule has 0 saturated carbocycles. The number of pyridine rings is 1. The second-order valence-corrected chi connectivity index (χ2v) is 10.6. The summed E-state index contributed by atoms with van der Waals surface area (Å²) in [5.41, 5.74) is 28.1. The molecule has 1 amide bonds. The van der Waals surface area contributed by atoms with E-state index in [0.717, 1.165) is 23.0 Å². The molecule has 43 heavy (non-hydrogen) atoms. The number of benzene rings is 2. The average Bonchev–Trinajstić information content (AvgIpc) is 2.97. The number of nitrogens with zero attached hydrogens (tertiary/aromatic N) is 2. The number of fused-ring (bicyclic) bond motifs is 1. The van der Waals surface area contributed by atoms with E-state index in [0.29, 0.717) is 61.5 Å². The maximum Gasteiger partial charge on any atom is 0.416 e. The first kappa shape index (κ1) is 34.0. The Kier molecular flexibility index (Phi) is 12.5. The molecule has 0 bridgehead atoms. The second kappa shape index (κ2) is 15.8. The topological polar surface area (TPSA) is 175 Å². The number of nitrogens with two attached hydrogens (primary N) is 4. The first-order valence-electron chi connectivity index (χ1n) is 14.3. The van der Waals surface area contributed by atoms with Crippen LogP contribution in [0.15, 0.2) is 60.8 Å². The molecular weight excluding hydrogens is 561 g/mol. The quantitative estimate of drug-likeness (QED) is 0.0979. The van der Waals surface area contributed by atoms with Gasteiger partial charge in [-0.05, 0) is 48.2 Å². The van der Waals surface area contributed by atoms with E-state index in [1.54, 1.807) is 6.20 Å². The average molecular weight is 604 g/mol. The van der Waals surface area contributed by atoms with Gasteiger partial charge in [0, 0.05) is 44.2 Å². The van der Waals surface area contributed by atoms with Crippen LogP contribution in [0.1, 0.15) is 23.1 Å². The molecule has 3 aromatic rings. The number of hydrogen-bond acceptors (Lipinski definition) is 8. The smallest absolute Gasteiger partial charge is 0.345 e. The Morgan fingerprint density at radius 3 is 2.14 bits per heavy atom. The number of Topliss-reactive ketones (excluding diaryl/α,β-unsaturated/α-hetero) is 1. The lowest BCUT2D eigenvalue weighted by atomic mass is 9.96. The van der Waals surface area contributed by atoms with E-state index in [1.165, 1.54) is 12.1 Å². The molecule has 3 rings (SSSR count). The number of quaternary nitrogens is 1. The number of carbonyl (C=O) groups excluding carboxylic acids is 2. The molecule has 0 aliphatic carbocycles. The molecule has 0 fully saturated rings. The predicted molar refractivity (Wildman–Crippen MR) is 160 cm³/mol. The van der Waals surface area contributed by atoms with E-state index in [1.807, 2.05) is 30.3 Å². The fourth-order valence-corrected chi connectivity index (χ4v) is 5.03.